The number of anilines is 1. The normalized spacial score (nSPS) is 10.6. The van der Waals surface area contributed by atoms with Crippen molar-refractivity contribution in [3.05, 3.63) is 53.2 Å². The van der Waals surface area contributed by atoms with E-state index >= 15 is 0 Å². The van der Waals surface area contributed by atoms with E-state index in [-0.39, 0.29) is 4.88 Å². The molecule has 3 rings (SSSR count). The first-order valence-electron chi connectivity index (χ1n) is 6.57. The lowest BCUT2D eigenvalue weighted by molar-refractivity contribution is 0.0702. The number of carbonyl (C=O) groups is 1. The highest BCUT2D eigenvalue weighted by molar-refractivity contribution is 7.17. The SMILES string of the molecule is Cc1ccc(-c2nc(-c3cccnc3)sc2C(=O)O)cc1N. The summed E-state index contributed by atoms with van der Waals surface area (Å²) < 4.78 is 0. The molecule has 0 saturated carbocycles. The maximum absolute atomic E-state index is 11.5. The molecule has 0 aliphatic carbocycles. The number of nitrogen functional groups attached to an aromatic ring is 1. The van der Waals surface area contributed by atoms with Crippen LogP contribution in [0.4, 0.5) is 5.69 Å². The summed E-state index contributed by atoms with van der Waals surface area (Å²) in [5, 5.41) is 10.1. The third-order valence-corrected chi connectivity index (χ3v) is 4.37. The molecule has 0 bridgehead atoms. The molecule has 2 aromatic heterocycles. The second-order valence-corrected chi connectivity index (χ2v) is 5.81. The predicted molar refractivity (Wildman–Crippen MR) is 86.9 cm³/mol. The molecule has 6 heteroatoms. The fraction of sp³-hybridized carbons (Fsp3) is 0.0625. The van der Waals surface area contributed by atoms with Gasteiger partial charge in [-0.05, 0) is 30.7 Å². The van der Waals surface area contributed by atoms with Crippen molar-refractivity contribution in [2.45, 2.75) is 6.92 Å². The molecule has 0 spiro atoms. The van der Waals surface area contributed by atoms with Gasteiger partial charge < -0.3 is 10.8 Å². The van der Waals surface area contributed by atoms with Crippen LogP contribution in [0.1, 0.15) is 15.2 Å². The Bertz CT molecular complexity index is 844. The predicted octanol–water partition coefficient (Wildman–Crippen LogP) is 3.46. The Morgan fingerprint density at radius 1 is 1.27 bits per heavy atom. The van der Waals surface area contributed by atoms with Gasteiger partial charge in [0.2, 0.25) is 0 Å². The van der Waals surface area contributed by atoms with Crippen LogP contribution < -0.4 is 5.73 Å². The van der Waals surface area contributed by atoms with Gasteiger partial charge in [-0.3, -0.25) is 4.98 Å². The highest BCUT2D eigenvalue weighted by Crippen LogP contribution is 2.34. The van der Waals surface area contributed by atoms with Crippen LogP contribution in [0.15, 0.2) is 42.7 Å². The van der Waals surface area contributed by atoms with Crippen LogP contribution in [0, 0.1) is 6.92 Å². The maximum Gasteiger partial charge on any atom is 0.348 e. The Balaban J connectivity index is 2.16. The van der Waals surface area contributed by atoms with Crippen molar-refractivity contribution in [1.82, 2.24) is 9.97 Å². The summed E-state index contributed by atoms with van der Waals surface area (Å²) in [6, 6.07) is 9.09. The number of nitrogens with two attached hydrogens (primary N) is 1. The molecule has 3 aromatic rings. The molecule has 0 aliphatic rings. The number of hydrogen-bond acceptors (Lipinski definition) is 5. The summed E-state index contributed by atoms with van der Waals surface area (Å²) in [7, 11) is 0. The van der Waals surface area contributed by atoms with E-state index in [1.165, 1.54) is 0 Å². The summed E-state index contributed by atoms with van der Waals surface area (Å²) >= 11 is 1.13. The Labute approximate surface area is 131 Å². The lowest BCUT2D eigenvalue weighted by atomic mass is 10.1. The molecule has 0 fully saturated rings. The highest BCUT2D eigenvalue weighted by Gasteiger charge is 2.20. The van der Waals surface area contributed by atoms with Gasteiger partial charge in [0.15, 0.2) is 0 Å². The summed E-state index contributed by atoms with van der Waals surface area (Å²) in [4.78, 5) is 20.2. The van der Waals surface area contributed by atoms with Crippen LogP contribution in [-0.2, 0) is 0 Å². The third-order valence-electron chi connectivity index (χ3n) is 3.28. The van der Waals surface area contributed by atoms with Crippen LogP contribution in [0.25, 0.3) is 21.8 Å². The third kappa shape index (κ3) is 2.56. The number of aryl methyl sites for hydroxylation is 1. The van der Waals surface area contributed by atoms with Gasteiger partial charge in [0, 0.05) is 29.2 Å². The first-order chi connectivity index (χ1) is 10.6. The Kier molecular flexibility index (Phi) is 3.60. The Hall–Kier alpha value is -2.73. The number of nitrogens with zero attached hydrogens (tertiary/aromatic N) is 2. The molecule has 0 unspecified atom stereocenters. The fourth-order valence-corrected chi connectivity index (χ4v) is 2.98. The van der Waals surface area contributed by atoms with Gasteiger partial charge in [-0.15, -0.1) is 11.3 Å². The molecule has 110 valence electrons. The largest absolute Gasteiger partial charge is 0.477 e. The van der Waals surface area contributed by atoms with E-state index in [4.69, 9.17) is 5.73 Å². The van der Waals surface area contributed by atoms with Gasteiger partial charge >= 0.3 is 5.97 Å². The molecule has 2 heterocycles. The van der Waals surface area contributed by atoms with E-state index in [1.807, 2.05) is 25.1 Å². The number of benzene rings is 1. The summed E-state index contributed by atoms with van der Waals surface area (Å²) in [6.45, 7) is 1.90. The lowest BCUT2D eigenvalue weighted by Gasteiger charge is -2.03. The molecule has 0 amide bonds. The van der Waals surface area contributed by atoms with Gasteiger partial charge in [-0.25, -0.2) is 9.78 Å². The van der Waals surface area contributed by atoms with E-state index in [1.54, 1.807) is 24.5 Å². The number of thiazole rings is 1. The van der Waals surface area contributed by atoms with Crippen LogP contribution in [0.2, 0.25) is 0 Å². The molecular weight excluding hydrogens is 298 g/mol. The van der Waals surface area contributed by atoms with Crippen molar-refractivity contribution in [1.29, 1.82) is 0 Å². The first kappa shape index (κ1) is 14.2. The quantitative estimate of drug-likeness (QED) is 0.723. The molecule has 3 N–H and O–H groups in total. The maximum atomic E-state index is 11.5. The molecule has 5 nitrogen and oxygen atoms in total. The van der Waals surface area contributed by atoms with E-state index in [9.17, 15) is 9.90 Å². The second kappa shape index (κ2) is 5.57. The minimum atomic E-state index is -0.998. The van der Waals surface area contributed by atoms with Gasteiger partial charge in [0.1, 0.15) is 9.88 Å². The van der Waals surface area contributed by atoms with Gasteiger partial charge in [0.25, 0.3) is 0 Å². The van der Waals surface area contributed by atoms with Crippen molar-refractivity contribution in [3.63, 3.8) is 0 Å². The molecule has 0 atom stereocenters. The average molecular weight is 311 g/mol. The van der Waals surface area contributed by atoms with Crippen molar-refractivity contribution in [3.8, 4) is 21.8 Å². The molecule has 0 aliphatic heterocycles. The number of aromatic nitrogens is 2. The van der Waals surface area contributed by atoms with Gasteiger partial charge in [-0.2, -0.15) is 0 Å². The molecule has 1 aromatic carbocycles. The molecule has 22 heavy (non-hydrogen) atoms. The zero-order valence-corrected chi connectivity index (χ0v) is 12.6. The van der Waals surface area contributed by atoms with Crippen LogP contribution in [0.3, 0.4) is 0 Å². The topological polar surface area (TPSA) is 89.1 Å². The smallest absolute Gasteiger partial charge is 0.348 e. The van der Waals surface area contributed by atoms with Crippen LogP contribution in [-0.4, -0.2) is 21.0 Å². The van der Waals surface area contributed by atoms with Gasteiger partial charge in [-0.1, -0.05) is 12.1 Å². The number of carboxylic acids is 1. The number of rotatable bonds is 3. The molecular formula is C16H13N3O2S. The Morgan fingerprint density at radius 3 is 2.73 bits per heavy atom. The fourth-order valence-electron chi connectivity index (χ4n) is 2.06. The monoisotopic (exact) mass is 311 g/mol. The van der Waals surface area contributed by atoms with Crippen molar-refractivity contribution in [2.75, 3.05) is 5.73 Å². The van der Waals surface area contributed by atoms with Crippen LogP contribution >= 0.6 is 11.3 Å². The van der Waals surface area contributed by atoms with Crippen molar-refractivity contribution < 1.29 is 9.90 Å². The van der Waals surface area contributed by atoms with E-state index < -0.39 is 5.97 Å². The van der Waals surface area contributed by atoms with E-state index in [0.717, 1.165) is 22.5 Å². The number of pyridine rings is 1. The van der Waals surface area contributed by atoms with Crippen molar-refractivity contribution in [2.24, 2.45) is 0 Å². The average Bonchev–Trinajstić information content (AvgIpc) is 2.96. The number of aromatic carboxylic acids is 1. The standard InChI is InChI=1S/C16H13N3O2S/c1-9-4-5-10(7-12(9)17)13-14(16(20)21)22-15(19-13)11-3-2-6-18-8-11/h2-8H,17H2,1H3,(H,20,21). The Morgan fingerprint density at radius 2 is 2.09 bits per heavy atom. The summed E-state index contributed by atoms with van der Waals surface area (Å²) in [6.07, 6.45) is 3.33. The van der Waals surface area contributed by atoms with E-state index in [2.05, 4.69) is 9.97 Å². The zero-order chi connectivity index (χ0) is 15.7. The van der Waals surface area contributed by atoms with Gasteiger partial charge in [0.05, 0.1) is 5.69 Å². The second-order valence-electron chi connectivity index (χ2n) is 4.81. The first-order valence-corrected chi connectivity index (χ1v) is 7.39. The summed E-state index contributed by atoms with van der Waals surface area (Å²) in [5.41, 5.74) is 9.41. The zero-order valence-electron chi connectivity index (χ0n) is 11.8. The molecule has 0 radical (unpaired) electrons. The lowest BCUT2D eigenvalue weighted by Crippen LogP contribution is -1.96. The number of carboxylic acid groups (broad SMARTS) is 1. The summed E-state index contributed by atoms with van der Waals surface area (Å²) in [5.74, 6) is -0.998. The molecule has 0 saturated heterocycles. The minimum Gasteiger partial charge on any atom is -0.477 e. The van der Waals surface area contributed by atoms with E-state index in [0.29, 0.717) is 22.0 Å². The van der Waals surface area contributed by atoms with Crippen LogP contribution in [0.5, 0.6) is 0 Å². The number of hydrogen-bond donors (Lipinski definition) is 2. The highest BCUT2D eigenvalue weighted by atomic mass is 32.1. The van der Waals surface area contributed by atoms with Crippen molar-refractivity contribution >= 4 is 23.0 Å². The minimum absolute atomic E-state index is 0.196.